The van der Waals surface area contributed by atoms with Gasteiger partial charge in [-0.25, -0.2) is 0 Å². The highest BCUT2D eigenvalue weighted by Crippen LogP contribution is 2.25. The number of nitrogens with one attached hydrogen (secondary N) is 1. The summed E-state index contributed by atoms with van der Waals surface area (Å²) < 4.78 is 0. The van der Waals surface area contributed by atoms with Crippen LogP contribution in [0.15, 0.2) is 18.2 Å². The van der Waals surface area contributed by atoms with Gasteiger partial charge in [-0.1, -0.05) is 12.1 Å². The Morgan fingerprint density at radius 1 is 1.33 bits per heavy atom. The molecule has 1 heterocycles. The minimum absolute atomic E-state index is 0.564. The molecule has 1 atom stereocenters. The fraction of sp³-hybridized carbons (Fsp3) is 0.600. The van der Waals surface area contributed by atoms with E-state index in [1.165, 1.54) is 16.8 Å². The van der Waals surface area contributed by atoms with Gasteiger partial charge < -0.3 is 15.1 Å². The van der Waals surface area contributed by atoms with Crippen LogP contribution in [0.5, 0.6) is 0 Å². The zero-order valence-electron chi connectivity index (χ0n) is 12.0. The van der Waals surface area contributed by atoms with Gasteiger partial charge >= 0.3 is 0 Å². The van der Waals surface area contributed by atoms with Crippen molar-refractivity contribution in [1.29, 1.82) is 0 Å². The van der Waals surface area contributed by atoms with Crippen LogP contribution in [-0.2, 0) is 0 Å². The van der Waals surface area contributed by atoms with Crippen LogP contribution >= 0.6 is 0 Å². The molecule has 1 saturated heterocycles. The maximum atomic E-state index is 3.51. The van der Waals surface area contributed by atoms with Gasteiger partial charge in [0.05, 0.1) is 6.04 Å². The maximum absolute atomic E-state index is 3.51. The molecule has 1 aliphatic heterocycles. The molecule has 18 heavy (non-hydrogen) atoms. The monoisotopic (exact) mass is 247 g/mol. The molecule has 0 spiro atoms. The van der Waals surface area contributed by atoms with Gasteiger partial charge in [0.15, 0.2) is 0 Å². The molecule has 1 unspecified atom stereocenters. The van der Waals surface area contributed by atoms with Crippen molar-refractivity contribution in [3.63, 3.8) is 0 Å². The fourth-order valence-electron chi connectivity index (χ4n) is 2.71. The van der Waals surface area contributed by atoms with Crippen molar-refractivity contribution >= 4 is 5.69 Å². The normalized spacial score (nSPS) is 20.5. The van der Waals surface area contributed by atoms with Gasteiger partial charge in [0.25, 0.3) is 0 Å². The van der Waals surface area contributed by atoms with Gasteiger partial charge in [0.2, 0.25) is 0 Å². The van der Waals surface area contributed by atoms with Crippen molar-refractivity contribution in [3.8, 4) is 0 Å². The summed E-state index contributed by atoms with van der Waals surface area (Å²) in [4.78, 5) is 4.84. The Balaban J connectivity index is 2.25. The zero-order valence-corrected chi connectivity index (χ0v) is 12.0. The number of aryl methyl sites for hydroxylation is 1. The minimum Gasteiger partial charge on any atom is -0.364 e. The molecule has 1 aliphatic rings. The van der Waals surface area contributed by atoms with Crippen molar-refractivity contribution in [1.82, 2.24) is 10.2 Å². The highest BCUT2D eigenvalue weighted by atomic mass is 15.3. The molecule has 1 aromatic carbocycles. The van der Waals surface area contributed by atoms with Gasteiger partial charge in [-0.15, -0.1) is 0 Å². The second-order valence-corrected chi connectivity index (χ2v) is 5.53. The molecule has 1 aromatic rings. The van der Waals surface area contributed by atoms with Crippen molar-refractivity contribution in [3.05, 3.63) is 29.3 Å². The molecule has 0 radical (unpaired) electrons. The van der Waals surface area contributed by atoms with E-state index in [0.29, 0.717) is 6.04 Å². The number of piperazine rings is 1. The van der Waals surface area contributed by atoms with E-state index in [-0.39, 0.29) is 0 Å². The lowest BCUT2D eigenvalue weighted by molar-refractivity contribution is 0.336. The molecule has 0 saturated carbocycles. The summed E-state index contributed by atoms with van der Waals surface area (Å²) in [6, 6.07) is 7.19. The van der Waals surface area contributed by atoms with Gasteiger partial charge in [0, 0.05) is 31.9 Å². The van der Waals surface area contributed by atoms with Crippen LogP contribution in [0.3, 0.4) is 0 Å². The van der Waals surface area contributed by atoms with E-state index < -0.39 is 0 Å². The minimum atomic E-state index is 0.564. The van der Waals surface area contributed by atoms with E-state index in [4.69, 9.17) is 0 Å². The second kappa shape index (κ2) is 5.72. The van der Waals surface area contributed by atoms with Crippen molar-refractivity contribution < 1.29 is 0 Å². The molecule has 2 rings (SSSR count). The van der Waals surface area contributed by atoms with Gasteiger partial charge in [-0.2, -0.15) is 0 Å². The van der Waals surface area contributed by atoms with E-state index in [9.17, 15) is 0 Å². The van der Waals surface area contributed by atoms with E-state index in [1.54, 1.807) is 0 Å². The van der Waals surface area contributed by atoms with Crippen molar-refractivity contribution in [2.75, 3.05) is 45.2 Å². The van der Waals surface area contributed by atoms with Crippen molar-refractivity contribution in [2.24, 2.45) is 0 Å². The standard InChI is InChI=1S/C15H25N3/c1-12-6-5-7-15(13(12)2)18-9-8-16-10-14(18)11-17(3)4/h5-7,14,16H,8-11H2,1-4H3. The van der Waals surface area contributed by atoms with Crippen LogP contribution in [0.2, 0.25) is 0 Å². The first kappa shape index (κ1) is 13.4. The molecule has 0 aliphatic carbocycles. The lowest BCUT2D eigenvalue weighted by atomic mass is 10.0. The van der Waals surface area contributed by atoms with Gasteiger partial charge in [-0.05, 0) is 45.1 Å². The number of hydrogen-bond acceptors (Lipinski definition) is 3. The molecular formula is C15H25N3. The highest BCUT2D eigenvalue weighted by Gasteiger charge is 2.24. The summed E-state index contributed by atoms with van der Waals surface area (Å²) in [6.07, 6.45) is 0. The summed E-state index contributed by atoms with van der Waals surface area (Å²) in [5, 5.41) is 3.51. The molecule has 0 amide bonds. The zero-order chi connectivity index (χ0) is 13.1. The largest absolute Gasteiger partial charge is 0.364 e. The first-order valence-corrected chi connectivity index (χ1v) is 6.78. The third kappa shape index (κ3) is 2.85. The predicted octanol–water partition coefficient (Wildman–Crippen LogP) is 1.64. The highest BCUT2D eigenvalue weighted by molar-refractivity contribution is 5.57. The first-order chi connectivity index (χ1) is 8.59. The quantitative estimate of drug-likeness (QED) is 0.876. The molecule has 1 N–H and O–H groups in total. The molecule has 1 fully saturated rings. The summed E-state index contributed by atoms with van der Waals surface area (Å²) in [5.41, 5.74) is 4.21. The maximum Gasteiger partial charge on any atom is 0.0541 e. The second-order valence-electron chi connectivity index (χ2n) is 5.53. The SMILES string of the molecule is Cc1cccc(N2CCNCC2CN(C)C)c1C. The predicted molar refractivity (Wildman–Crippen MR) is 78.5 cm³/mol. The van der Waals surface area contributed by atoms with E-state index >= 15 is 0 Å². The van der Waals surface area contributed by atoms with Gasteiger partial charge in [0.1, 0.15) is 0 Å². The van der Waals surface area contributed by atoms with Crippen molar-refractivity contribution in [2.45, 2.75) is 19.9 Å². The Bertz CT molecular complexity index is 401. The molecule has 3 nitrogen and oxygen atoms in total. The summed E-state index contributed by atoms with van der Waals surface area (Å²) >= 11 is 0. The van der Waals surface area contributed by atoms with Crippen LogP contribution in [-0.4, -0.2) is 51.2 Å². The average Bonchev–Trinajstić information content (AvgIpc) is 2.33. The lowest BCUT2D eigenvalue weighted by Gasteiger charge is -2.40. The molecule has 100 valence electrons. The Hall–Kier alpha value is -1.06. The third-order valence-corrected chi connectivity index (χ3v) is 3.81. The average molecular weight is 247 g/mol. The number of likely N-dealkylation sites (N-methyl/N-ethyl adjacent to an activating group) is 1. The van der Waals surface area contributed by atoms with Gasteiger partial charge in [-0.3, -0.25) is 0 Å². The smallest absolute Gasteiger partial charge is 0.0541 e. The molecule has 0 bridgehead atoms. The van der Waals surface area contributed by atoms with Crippen LogP contribution in [0, 0.1) is 13.8 Å². The molecule has 0 aromatic heterocycles. The number of rotatable bonds is 3. The fourth-order valence-corrected chi connectivity index (χ4v) is 2.71. The number of anilines is 1. The summed E-state index contributed by atoms with van der Waals surface area (Å²) in [6.45, 7) is 8.79. The van der Waals surface area contributed by atoms with Crippen LogP contribution in [0.1, 0.15) is 11.1 Å². The summed E-state index contributed by atoms with van der Waals surface area (Å²) in [5.74, 6) is 0. The number of hydrogen-bond donors (Lipinski definition) is 1. The Labute approximate surface area is 111 Å². The Morgan fingerprint density at radius 2 is 2.11 bits per heavy atom. The Kier molecular flexibility index (Phi) is 4.25. The van der Waals surface area contributed by atoms with Crippen LogP contribution < -0.4 is 10.2 Å². The molecular weight excluding hydrogens is 222 g/mol. The first-order valence-electron chi connectivity index (χ1n) is 6.78. The third-order valence-electron chi connectivity index (χ3n) is 3.81. The number of benzene rings is 1. The topological polar surface area (TPSA) is 18.5 Å². The van der Waals surface area contributed by atoms with E-state index in [1.807, 2.05) is 0 Å². The summed E-state index contributed by atoms with van der Waals surface area (Å²) in [7, 11) is 4.30. The van der Waals surface area contributed by atoms with E-state index in [0.717, 1.165) is 26.2 Å². The van der Waals surface area contributed by atoms with Crippen LogP contribution in [0.4, 0.5) is 5.69 Å². The van der Waals surface area contributed by atoms with E-state index in [2.05, 4.69) is 61.3 Å². The lowest BCUT2D eigenvalue weighted by Crippen LogP contribution is -2.55. The van der Waals surface area contributed by atoms with Crippen LogP contribution in [0.25, 0.3) is 0 Å². The number of nitrogens with zero attached hydrogens (tertiary/aromatic N) is 2. The Morgan fingerprint density at radius 3 is 2.83 bits per heavy atom. The molecule has 3 heteroatoms.